The topological polar surface area (TPSA) is 54.9 Å². The molecule has 0 aromatic heterocycles. The minimum Gasteiger partial charge on any atom is -0.385 e. The van der Waals surface area contributed by atoms with Crippen molar-refractivity contribution >= 4 is 0 Å². The molecular formula is C132H276N2O5. The molecule has 1 unspecified atom stereocenters. The molecule has 6 saturated carbocycles. The van der Waals surface area contributed by atoms with E-state index < -0.39 is 0 Å². The molecule has 0 aromatic rings. The van der Waals surface area contributed by atoms with Crippen molar-refractivity contribution in [3.8, 4) is 0 Å². The molecular weight excluding hydrogens is 1690 g/mol. The first-order valence-electron chi connectivity index (χ1n) is 57.3. The Kier molecular flexibility index (Phi) is 78.3. The highest BCUT2D eigenvalue weighted by molar-refractivity contribution is 5.17. The van der Waals surface area contributed by atoms with E-state index in [1.54, 1.807) is 7.11 Å². The molecule has 4 saturated heterocycles. The van der Waals surface area contributed by atoms with E-state index in [2.05, 4.69) is 411 Å². The van der Waals surface area contributed by atoms with Gasteiger partial charge in [-0.25, -0.2) is 13.1 Å². The molecule has 10 aliphatic rings. The zero-order chi connectivity index (χ0) is 110. The summed E-state index contributed by atoms with van der Waals surface area (Å²) >= 11 is 0. The summed E-state index contributed by atoms with van der Waals surface area (Å²) in [5.41, 5.74) is 7.98. The number of ether oxygens (including phenoxy) is 5. The van der Waals surface area contributed by atoms with E-state index in [-0.39, 0.29) is 36.8 Å². The van der Waals surface area contributed by atoms with Gasteiger partial charge in [-0.1, -0.05) is 481 Å². The first kappa shape index (κ1) is 155. The Bertz CT molecular complexity index is 2750. The number of nitrogens with zero attached hydrogens (tertiary/aromatic N) is 2. The largest absolute Gasteiger partial charge is 0.385 e. The fraction of sp³-hybridized carbons (Fsp3) is 0.985. The van der Waals surface area contributed by atoms with E-state index in [1.165, 1.54) is 161 Å². The molecule has 4 aliphatic heterocycles. The Balaban J connectivity index is -0.000000185. The van der Waals surface area contributed by atoms with Crippen LogP contribution in [0.4, 0.5) is 0 Å². The Morgan fingerprint density at radius 2 is 0.597 bits per heavy atom. The highest BCUT2D eigenvalue weighted by Crippen LogP contribution is 2.53. The molecule has 10 rings (SSSR count). The van der Waals surface area contributed by atoms with Crippen LogP contribution in [0.1, 0.15) is 610 Å². The van der Waals surface area contributed by atoms with Crippen LogP contribution in [-0.4, -0.2) is 77.6 Å². The molecule has 10 fully saturated rings. The fourth-order valence-electron chi connectivity index (χ4n) is 15.7. The summed E-state index contributed by atoms with van der Waals surface area (Å²) in [6, 6.07) is 0. The standard InChI is InChI=1S/C10H20.C9H18O.C9H18.C8H13N.C8H15N.2C8H16O.2C8H16.C8H18.C7H14O.C7H16O.C7H14.2C7H16.C6H14.C5H12.2CH4/c1-10(2,3)9-7-5-4-6-8-9;1-9(2,3)8-4-6-10-7-5-8;1-9(2,3)8-6-4-5-7-8;1-7(2,3)8(9-4)5-6-8;1-7(2,3)8(4,5)9-6;1-8(2,3)4-7-5-9-6-7;1-8(2,3)7-4-5-9-6-7;1-8(2,3)6-7-4-5-7;1-8(2,3)7-5-4-6-7;1-7(2)6-8(3,4)5;1-7(2,3)6-4-8-5-6;1-7(2,3)5-6-8-4;1-7(2,3)6-4-5-6;1-6(2)7(3,4)5;1-5-6-7(2,3)4;1-5-6(2,3)4;1-5(2,3)4;;/h9H,4-8H2,1-3H3;8H,4-7H2,1-3H3;8H,4-7H2,1-3H3;5-6H2,1-3H3;1-5H3;2*7H,4-6H2,1-3H3;2*7H,4-6H2,1-3H3;7H,6H2,1-5H3;6H,4-5H2,1-3H3;5-6H2,1-4H3;6H,4-5H2,1-3H3;6H,1-5H3;5-6H2,1-4H3;5H2,1-4H3;1-4H3;2*1H4. The molecule has 0 amide bonds. The Morgan fingerprint density at radius 3 is 0.683 bits per heavy atom. The maximum Gasteiger partial charge on any atom is 0.237 e. The highest BCUT2D eigenvalue weighted by Gasteiger charge is 2.60. The maximum absolute atomic E-state index is 6.95. The highest BCUT2D eigenvalue weighted by atomic mass is 16.5. The molecule has 7 nitrogen and oxygen atoms in total. The van der Waals surface area contributed by atoms with Gasteiger partial charge in [-0.05, 0) is 237 Å². The van der Waals surface area contributed by atoms with E-state index in [4.69, 9.17) is 36.8 Å². The van der Waals surface area contributed by atoms with Crippen molar-refractivity contribution in [2.75, 3.05) is 66.6 Å². The van der Waals surface area contributed by atoms with Crippen LogP contribution in [0, 0.1) is 170 Å². The van der Waals surface area contributed by atoms with Crippen LogP contribution in [0.15, 0.2) is 0 Å². The number of methoxy groups -OCH3 is 1. The zero-order valence-corrected chi connectivity index (χ0v) is 107. The van der Waals surface area contributed by atoms with Gasteiger partial charge in [0.2, 0.25) is 11.1 Å². The number of hydrogen-bond donors (Lipinski definition) is 0. The molecule has 0 aromatic carbocycles. The van der Waals surface area contributed by atoms with Gasteiger partial charge in [-0.2, -0.15) is 0 Å². The van der Waals surface area contributed by atoms with Crippen molar-refractivity contribution in [2.24, 2.45) is 157 Å². The van der Waals surface area contributed by atoms with Crippen LogP contribution in [0.25, 0.3) is 9.69 Å². The molecule has 6 aliphatic carbocycles. The van der Waals surface area contributed by atoms with Gasteiger partial charge in [0, 0.05) is 89.5 Å². The van der Waals surface area contributed by atoms with Crippen molar-refractivity contribution in [2.45, 2.75) is 621 Å². The van der Waals surface area contributed by atoms with Gasteiger partial charge in [0.1, 0.15) is 0 Å². The van der Waals surface area contributed by atoms with E-state index in [1.807, 2.05) is 13.8 Å². The van der Waals surface area contributed by atoms with Gasteiger partial charge < -0.3 is 33.4 Å². The summed E-state index contributed by atoms with van der Waals surface area (Å²) in [7, 11) is 1.74. The van der Waals surface area contributed by atoms with Crippen LogP contribution in [0.2, 0.25) is 0 Å². The van der Waals surface area contributed by atoms with Crippen molar-refractivity contribution in [1.29, 1.82) is 0 Å². The second-order valence-electron chi connectivity index (χ2n) is 64.9. The predicted octanol–water partition coefficient (Wildman–Crippen LogP) is 44.9. The Morgan fingerprint density at radius 1 is 0.317 bits per heavy atom. The SMILES string of the molecule is C.C.CC(C)(C)C.CC(C)(C)C1CC1.CC(C)(C)C1CCC1.CC(C)(C)C1CCCC1.CC(C)(C)C1CCCCC1.CC(C)(C)C1CCOC1.CC(C)(C)C1CCOCC1.CC(C)(C)C1COC1.CC(C)(C)CC1CC1.CC(C)(C)CC1COC1.CC(C)C(C)(C)C.CC(C)CC(C)(C)C.CCC(C)(C)C.CCCC(C)(C)C.COCCC(C)(C)C.[C-]#[N+]C(C)(C)C(C)(C)C.[C-]#[N+]C1(C(C)(C)C)CC1. The lowest BCUT2D eigenvalue weighted by molar-refractivity contribution is -0.0821. The number of rotatable bonds is 6. The van der Waals surface area contributed by atoms with Gasteiger partial charge in [0.25, 0.3) is 0 Å². The van der Waals surface area contributed by atoms with Crippen molar-refractivity contribution in [1.82, 2.24) is 0 Å². The molecule has 139 heavy (non-hydrogen) atoms. The summed E-state index contributed by atoms with van der Waals surface area (Å²) < 4.78 is 25.6. The molecule has 4 heterocycles. The Hall–Kier alpha value is -1.22. The van der Waals surface area contributed by atoms with E-state index >= 15 is 0 Å². The monoisotopic (exact) mass is 1970 g/mol. The summed E-state index contributed by atoms with van der Waals surface area (Å²) in [6.07, 6.45) is 38.8. The number of hydrogen-bond acceptors (Lipinski definition) is 5. The molecule has 0 spiro atoms. The van der Waals surface area contributed by atoms with Gasteiger partial charge in [-0.15, -0.1) is 0 Å². The summed E-state index contributed by atoms with van der Waals surface area (Å²) in [4.78, 5) is 7.19. The minimum atomic E-state index is -0.229. The molecule has 844 valence electrons. The van der Waals surface area contributed by atoms with E-state index in [0.29, 0.717) is 81.2 Å². The van der Waals surface area contributed by atoms with Crippen LogP contribution >= 0.6 is 0 Å². The van der Waals surface area contributed by atoms with E-state index in [9.17, 15) is 0 Å². The molecule has 7 heteroatoms. The first-order valence-corrected chi connectivity index (χ1v) is 57.3. The minimum absolute atomic E-state index is 0. The quantitative estimate of drug-likeness (QED) is 0.248. The van der Waals surface area contributed by atoms with Gasteiger partial charge in [0.15, 0.2) is 0 Å². The predicted molar refractivity (Wildman–Crippen MR) is 637 cm³/mol. The average Bonchev–Trinajstić information content (AvgIpc) is 1.61. The summed E-state index contributed by atoms with van der Waals surface area (Å²) in [5, 5.41) is 0. The lowest BCUT2D eigenvalue weighted by atomic mass is 9.69. The van der Waals surface area contributed by atoms with Gasteiger partial charge in [0.05, 0.1) is 26.4 Å². The van der Waals surface area contributed by atoms with Crippen molar-refractivity contribution < 1.29 is 23.7 Å². The Labute approximate surface area is 885 Å². The van der Waals surface area contributed by atoms with Crippen LogP contribution in [0.3, 0.4) is 0 Å². The van der Waals surface area contributed by atoms with Gasteiger partial charge >= 0.3 is 0 Å². The summed E-state index contributed by atoms with van der Waals surface area (Å²) in [6.45, 7) is 158. The zero-order valence-electron chi connectivity index (χ0n) is 107. The third kappa shape index (κ3) is 101. The average molecular weight is 1970 g/mol. The van der Waals surface area contributed by atoms with Crippen LogP contribution in [-0.2, 0) is 23.7 Å². The third-order valence-corrected chi connectivity index (χ3v) is 29.5. The second kappa shape index (κ2) is 70.0. The summed E-state index contributed by atoms with van der Waals surface area (Å²) in [5.74, 6) is 10.2. The molecule has 0 N–H and O–H groups in total. The maximum atomic E-state index is 6.95. The third-order valence-electron chi connectivity index (χ3n) is 29.5. The smallest absolute Gasteiger partial charge is 0.237 e. The van der Waals surface area contributed by atoms with Gasteiger partial charge in [-0.3, -0.25) is 0 Å². The van der Waals surface area contributed by atoms with Crippen LogP contribution in [0.5, 0.6) is 0 Å². The lowest BCUT2D eigenvalue weighted by Crippen LogP contribution is -2.37. The fourth-order valence-corrected chi connectivity index (χ4v) is 15.7. The normalized spacial score (nSPS) is 19.0. The second-order valence-corrected chi connectivity index (χ2v) is 64.9. The van der Waals surface area contributed by atoms with E-state index in [0.717, 1.165) is 144 Å². The van der Waals surface area contributed by atoms with Crippen molar-refractivity contribution in [3.05, 3.63) is 22.8 Å². The van der Waals surface area contributed by atoms with Crippen molar-refractivity contribution in [3.63, 3.8) is 0 Å². The molecule has 1 atom stereocenters. The lowest BCUT2D eigenvalue weighted by Gasteiger charge is -2.37. The van der Waals surface area contributed by atoms with Crippen LogP contribution < -0.4 is 0 Å². The molecule has 0 radical (unpaired) electrons. The molecule has 0 bridgehead atoms. The first-order chi connectivity index (χ1) is 60.8.